The number of amides is 1. The number of nitrogens with zero attached hydrogens (tertiary/aromatic N) is 5. The first-order chi connectivity index (χ1) is 15.4. The smallest absolute Gasteiger partial charge is 0.235 e. The summed E-state index contributed by atoms with van der Waals surface area (Å²) in [6.45, 7) is 5.98. The topological polar surface area (TPSA) is 77.6 Å². The highest BCUT2D eigenvalue weighted by molar-refractivity contribution is 7.99. The largest absolute Gasteiger partial charge is 0.310 e. The van der Waals surface area contributed by atoms with Crippen molar-refractivity contribution in [2.45, 2.75) is 32.0 Å². The number of anilines is 1. The van der Waals surface area contributed by atoms with Crippen molar-refractivity contribution >= 4 is 23.5 Å². The van der Waals surface area contributed by atoms with E-state index in [-0.39, 0.29) is 23.5 Å². The second kappa shape index (κ2) is 9.35. The van der Waals surface area contributed by atoms with Crippen molar-refractivity contribution in [1.29, 1.82) is 0 Å². The van der Waals surface area contributed by atoms with Crippen molar-refractivity contribution < 1.29 is 9.18 Å². The molecule has 0 aliphatic carbocycles. The molecule has 4 rings (SSSR count). The van der Waals surface area contributed by atoms with Gasteiger partial charge in [-0.1, -0.05) is 41.6 Å². The van der Waals surface area contributed by atoms with Crippen LogP contribution >= 0.6 is 11.8 Å². The van der Waals surface area contributed by atoms with E-state index in [0.29, 0.717) is 22.4 Å². The van der Waals surface area contributed by atoms with Crippen molar-refractivity contribution in [1.82, 2.24) is 24.5 Å². The summed E-state index contributed by atoms with van der Waals surface area (Å²) in [6, 6.07) is 16.1. The minimum absolute atomic E-state index is 0.116. The molecule has 2 aromatic heterocycles. The zero-order valence-corrected chi connectivity index (χ0v) is 18.8. The Morgan fingerprint density at radius 1 is 1.09 bits per heavy atom. The first-order valence-electron chi connectivity index (χ1n) is 10.2. The molecule has 7 nitrogen and oxygen atoms in total. The highest BCUT2D eigenvalue weighted by Crippen LogP contribution is 2.29. The molecule has 0 aliphatic heterocycles. The molecule has 1 amide bonds. The molecule has 0 fully saturated rings. The zero-order valence-electron chi connectivity index (χ0n) is 18.0. The third kappa shape index (κ3) is 4.57. The molecule has 4 aromatic rings. The summed E-state index contributed by atoms with van der Waals surface area (Å²) in [7, 11) is 0. The van der Waals surface area contributed by atoms with E-state index in [9.17, 15) is 9.18 Å². The number of hydrogen-bond donors (Lipinski definition) is 1. The van der Waals surface area contributed by atoms with E-state index < -0.39 is 0 Å². The molecule has 0 atom stereocenters. The number of carbonyl (C=O) groups is 1. The zero-order chi connectivity index (χ0) is 22.7. The molecule has 0 unspecified atom stereocenters. The fraction of sp³-hybridized carbons (Fsp3) is 0.217. The average molecular weight is 451 g/mol. The third-order valence-electron chi connectivity index (χ3n) is 4.80. The second-order valence-electron chi connectivity index (χ2n) is 7.55. The van der Waals surface area contributed by atoms with Crippen LogP contribution in [0.5, 0.6) is 0 Å². The van der Waals surface area contributed by atoms with Crippen LogP contribution in [0.15, 0.2) is 66.0 Å². The van der Waals surface area contributed by atoms with Gasteiger partial charge in [-0.15, -0.1) is 10.2 Å². The van der Waals surface area contributed by atoms with Crippen LogP contribution < -0.4 is 5.32 Å². The Bertz CT molecular complexity index is 1230. The van der Waals surface area contributed by atoms with Crippen molar-refractivity contribution in [3.05, 3.63) is 72.2 Å². The summed E-state index contributed by atoms with van der Waals surface area (Å²) in [5.74, 6) is 0.558. The van der Waals surface area contributed by atoms with Gasteiger partial charge in [0.2, 0.25) is 5.91 Å². The summed E-state index contributed by atoms with van der Waals surface area (Å²) in [4.78, 5) is 12.6. The van der Waals surface area contributed by atoms with Gasteiger partial charge in [-0.05, 0) is 45.0 Å². The summed E-state index contributed by atoms with van der Waals surface area (Å²) in [5.41, 5.74) is 2.24. The molecule has 1 N–H and O–H groups in total. The molecule has 32 heavy (non-hydrogen) atoms. The Labute approximate surface area is 189 Å². The lowest BCUT2D eigenvalue weighted by Gasteiger charge is -2.12. The van der Waals surface area contributed by atoms with Gasteiger partial charge in [0.15, 0.2) is 11.0 Å². The van der Waals surface area contributed by atoms with E-state index in [0.717, 1.165) is 11.3 Å². The predicted octanol–water partition coefficient (Wildman–Crippen LogP) is 4.89. The van der Waals surface area contributed by atoms with E-state index in [1.165, 1.54) is 17.8 Å². The number of carbonyl (C=O) groups excluding carboxylic acids is 1. The molecule has 0 radical (unpaired) electrons. The Balaban J connectivity index is 1.61. The molecule has 0 spiro atoms. The first-order valence-corrected chi connectivity index (χ1v) is 11.2. The molecule has 9 heteroatoms. The summed E-state index contributed by atoms with van der Waals surface area (Å²) in [6.07, 6.45) is 1.65. The maximum atomic E-state index is 14.5. The van der Waals surface area contributed by atoms with E-state index in [4.69, 9.17) is 0 Å². The number of aromatic nitrogens is 5. The van der Waals surface area contributed by atoms with Crippen LogP contribution in [0.2, 0.25) is 0 Å². The molecule has 0 bridgehead atoms. The van der Waals surface area contributed by atoms with Gasteiger partial charge in [-0.2, -0.15) is 5.10 Å². The lowest BCUT2D eigenvalue weighted by Crippen LogP contribution is -2.18. The highest BCUT2D eigenvalue weighted by atomic mass is 32.2. The summed E-state index contributed by atoms with van der Waals surface area (Å²) in [5, 5.41) is 16.1. The first kappa shape index (κ1) is 21.8. The van der Waals surface area contributed by atoms with Gasteiger partial charge in [-0.25, -0.2) is 9.07 Å². The quantitative estimate of drug-likeness (QED) is 0.406. The third-order valence-corrected chi connectivity index (χ3v) is 5.73. The van der Waals surface area contributed by atoms with E-state index in [1.54, 1.807) is 39.7 Å². The Morgan fingerprint density at radius 3 is 2.56 bits per heavy atom. The maximum absolute atomic E-state index is 14.5. The molecule has 2 aromatic carbocycles. The lowest BCUT2D eigenvalue weighted by atomic mass is 10.2. The molecule has 0 saturated carbocycles. The minimum Gasteiger partial charge on any atom is -0.310 e. The van der Waals surface area contributed by atoms with Crippen LogP contribution in [-0.4, -0.2) is 36.2 Å². The van der Waals surface area contributed by atoms with Crippen LogP contribution in [0.3, 0.4) is 0 Å². The van der Waals surface area contributed by atoms with Gasteiger partial charge in [0.1, 0.15) is 11.6 Å². The van der Waals surface area contributed by atoms with Crippen LogP contribution in [0.4, 0.5) is 10.2 Å². The predicted molar refractivity (Wildman–Crippen MR) is 123 cm³/mol. The Kier molecular flexibility index (Phi) is 6.36. The maximum Gasteiger partial charge on any atom is 0.235 e. The van der Waals surface area contributed by atoms with Gasteiger partial charge >= 0.3 is 0 Å². The number of benzene rings is 2. The van der Waals surface area contributed by atoms with Gasteiger partial charge in [-0.3, -0.25) is 9.36 Å². The van der Waals surface area contributed by atoms with E-state index >= 15 is 0 Å². The van der Waals surface area contributed by atoms with Gasteiger partial charge in [0.25, 0.3) is 0 Å². The number of halogens is 1. The standard InChI is InChI=1S/C23H23FN6OS/c1-15(2)30-20(12-13-25-30)26-21(31)14-32-23-28-27-22(18-6-4-5-7-19(18)24)29(23)17-10-8-16(3)9-11-17/h4-13,15H,14H2,1-3H3,(H,26,31). The fourth-order valence-corrected chi connectivity index (χ4v) is 3.99. The fourth-order valence-electron chi connectivity index (χ4n) is 3.24. The van der Waals surface area contributed by atoms with Crippen LogP contribution in [-0.2, 0) is 4.79 Å². The van der Waals surface area contributed by atoms with E-state index in [2.05, 4.69) is 20.6 Å². The Hall–Kier alpha value is -3.46. The normalized spacial score (nSPS) is 11.2. The van der Waals surface area contributed by atoms with Crippen molar-refractivity contribution in [3.63, 3.8) is 0 Å². The van der Waals surface area contributed by atoms with Crippen molar-refractivity contribution in [2.75, 3.05) is 11.1 Å². The number of aryl methyl sites for hydroxylation is 1. The molecular formula is C23H23FN6OS. The van der Waals surface area contributed by atoms with Gasteiger partial charge in [0, 0.05) is 17.8 Å². The summed E-state index contributed by atoms with van der Waals surface area (Å²) < 4.78 is 18.0. The van der Waals surface area contributed by atoms with Crippen LogP contribution in [0.25, 0.3) is 17.1 Å². The molecular weight excluding hydrogens is 427 g/mol. The van der Waals surface area contributed by atoms with Gasteiger partial charge in [0.05, 0.1) is 17.5 Å². The molecule has 0 aliphatic rings. The second-order valence-corrected chi connectivity index (χ2v) is 8.49. The average Bonchev–Trinajstić information content (AvgIpc) is 3.40. The van der Waals surface area contributed by atoms with Crippen LogP contribution in [0.1, 0.15) is 25.5 Å². The monoisotopic (exact) mass is 450 g/mol. The summed E-state index contributed by atoms with van der Waals surface area (Å²) >= 11 is 1.24. The van der Waals surface area contributed by atoms with Gasteiger partial charge < -0.3 is 5.32 Å². The number of rotatable bonds is 7. The Morgan fingerprint density at radius 2 is 1.84 bits per heavy atom. The lowest BCUT2D eigenvalue weighted by molar-refractivity contribution is -0.113. The number of nitrogens with one attached hydrogen (secondary N) is 1. The van der Waals surface area contributed by atoms with E-state index in [1.807, 2.05) is 45.0 Å². The molecule has 164 valence electrons. The number of hydrogen-bond acceptors (Lipinski definition) is 5. The van der Waals surface area contributed by atoms with Crippen molar-refractivity contribution in [3.8, 4) is 17.1 Å². The van der Waals surface area contributed by atoms with Crippen LogP contribution in [0, 0.1) is 12.7 Å². The van der Waals surface area contributed by atoms with Crippen molar-refractivity contribution in [2.24, 2.45) is 0 Å². The highest BCUT2D eigenvalue weighted by Gasteiger charge is 2.20. The minimum atomic E-state index is -0.385. The SMILES string of the molecule is Cc1ccc(-n2c(SCC(=O)Nc3ccnn3C(C)C)nnc2-c2ccccc2F)cc1. The number of thioether (sulfide) groups is 1. The molecule has 0 saturated heterocycles. The molecule has 2 heterocycles.